The van der Waals surface area contributed by atoms with Crippen molar-refractivity contribution in [2.24, 2.45) is 0 Å². The molecule has 0 saturated heterocycles. The zero-order chi connectivity index (χ0) is 9.10. The number of ether oxygens (including phenoxy) is 1. The monoisotopic (exact) mass is 172 g/mol. The number of hydrogen-bond acceptors (Lipinski definition) is 1. The van der Waals surface area contributed by atoms with Crippen molar-refractivity contribution in [2.45, 2.75) is 6.42 Å². The Morgan fingerprint density at radius 2 is 2.08 bits per heavy atom. The highest BCUT2D eigenvalue weighted by atomic mass is 16.5. The Morgan fingerprint density at radius 3 is 2.92 bits per heavy atom. The lowest BCUT2D eigenvalue weighted by molar-refractivity contribution is 0.369. The standard InChI is InChI=1S/C12H12O/c1-13-12-9-5-3-7-10-6-2-4-8-11(10)12/h2-4,6-9H,5H2,1H3. The van der Waals surface area contributed by atoms with Crippen molar-refractivity contribution in [3.8, 4) is 0 Å². The van der Waals surface area contributed by atoms with Gasteiger partial charge < -0.3 is 4.74 Å². The smallest absolute Gasteiger partial charge is 0.123 e. The Bertz CT molecular complexity index is 361. The van der Waals surface area contributed by atoms with Crippen LogP contribution >= 0.6 is 0 Å². The van der Waals surface area contributed by atoms with Gasteiger partial charge in [-0.25, -0.2) is 0 Å². The third kappa shape index (κ3) is 1.50. The van der Waals surface area contributed by atoms with Crippen molar-refractivity contribution in [1.82, 2.24) is 0 Å². The summed E-state index contributed by atoms with van der Waals surface area (Å²) in [6.07, 6.45) is 7.32. The molecule has 1 aromatic carbocycles. The molecule has 13 heavy (non-hydrogen) atoms. The number of benzene rings is 1. The van der Waals surface area contributed by atoms with E-state index in [4.69, 9.17) is 4.74 Å². The first-order valence-corrected chi connectivity index (χ1v) is 4.42. The van der Waals surface area contributed by atoms with Crippen LogP contribution in [-0.2, 0) is 4.74 Å². The Balaban J connectivity index is 2.55. The van der Waals surface area contributed by atoms with E-state index in [-0.39, 0.29) is 0 Å². The second kappa shape index (κ2) is 3.48. The van der Waals surface area contributed by atoms with Crippen molar-refractivity contribution in [1.29, 1.82) is 0 Å². The molecular formula is C12H12O. The molecule has 0 spiro atoms. The van der Waals surface area contributed by atoms with Gasteiger partial charge in [0.2, 0.25) is 0 Å². The molecular weight excluding hydrogens is 160 g/mol. The average Bonchev–Trinajstić information content (AvgIpc) is 2.39. The summed E-state index contributed by atoms with van der Waals surface area (Å²) in [6, 6.07) is 8.26. The van der Waals surface area contributed by atoms with E-state index >= 15 is 0 Å². The summed E-state index contributed by atoms with van der Waals surface area (Å²) in [5.74, 6) is 0.973. The van der Waals surface area contributed by atoms with Gasteiger partial charge in [-0.2, -0.15) is 0 Å². The lowest BCUT2D eigenvalue weighted by Gasteiger charge is -2.07. The van der Waals surface area contributed by atoms with Crippen molar-refractivity contribution in [2.75, 3.05) is 7.11 Å². The van der Waals surface area contributed by atoms with Crippen LogP contribution in [0.1, 0.15) is 17.5 Å². The average molecular weight is 172 g/mol. The van der Waals surface area contributed by atoms with Crippen LogP contribution in [0.15, 0.2) is 36.4 Å². The first-order valence-electron chi connectivity index (χ1n) is 4.42. The quantitative estimate of drug-likeness (QED) is 0.632. The molecule has 0 aromatic heterocycles. The van der Waals surface area contributed by atoms with Crippen molar-refractivity contribution in [3.63, 3.8) is 0 Å². The molecule has 1 heteroatoms. The second-order valence-corrected chi connectivity index (χ2v) is 3.00. The minimum atomic E-state index is 0.942. The normalized spacial score (nSPS) is 14.4. The van der Waals surface area contributed by atoms with E-state index in [2.05, 4.69) is 30.4 Å². The van der Waals surface area contributed by atoms with Gasteiger partial charge in [-0.05, 0) is 18.1 Å². The third-order valence-corrected chi connectivity index (χ3v) is 2.18. The summed E-state index contributed by atoms with van der Waals surface area (Å²) < 4.78 is 5.32. The van der Waals surface area contributed by atoms with Crippen molar-refractivity contribution in [3.05, 3.63) is 47.5 Å². The van der Waals surface area contributed by atoms with Crippen LogP contribution in [0.5, 0.6) is 0 Å². The first kappa shape index (κ1) is 8.11. The first-order chi connectivity index (χ1) is 6.42. The number of hydrogen-bond donors (Lipinski definition) is 0. The van der Waals surface area contributed by atoms with E-state index in [9.17, 15) is 0 Å². The molecule has 0 bridgehead atoms. The molecule has 0 amide bonds. The minimum absolute atomic E-state index is 0.942. The van der Waals surface area contributed by atoms with Gasteiger partial charge in [0, 0.05) is 5.56 Å². The van der Waals surface area contributed by atoms with E-state index in [0.717, 1.165) is 12.2 Å². The summed E-state index contributed by atoms with van der Waals surface area (Å²) in [5, 5.41) is 0. The lowest BCUT2D eigenvalue weighted by atomic mass is 10.1. The highest BCUT2D eigenvalue weighted by Crippen LogP contribution is 2.24. The predicted molar refractivity (Wildman–Crippen MR) is 55.1 cm³/mol. The minimum Gasteiger partial charge on any atom is -0.496 e. The number of allylic oxidation sites excluding steroid dienone is 2. The molecule has 1 aliphatic rings. The molecule has 66 valence electrons. The maximum absolute atomic E-state index is 5.32. The van der Waals surface area contributed by atoms with Crippen molar-refractivity contribution < 1.29 is 4.74 Å². The maximum atomic E-state index is 5.32. The van der Waals surface area contributed by atoms with Crippen LogP contribution in [0.3, 0.4) is 0 Å². The zero-order valence-corrected chi connectivity index (χ0v) is 7.66. The summed E-state index contributed by atoms with van der Waals surface area (Å²) in [5.41, 5.74) is 2.41. The van der Waals surface area contributed by atoms with Crippen LogP contribution in [0.25, 0.3) is 11.8 Å². The third-order valence-electron chi connectivity index (χ3n) is 2.18. The van der Waals surface area contributed by atoms with Gasteiger partial charge in [-0.15, -0.1) is 0 Å². The van der Waals surface area contributed by atoms with Crippen LogP contribution in [0.4, 0.5) is 0 Å². The molecule has 0 unspecified atom stereocenters. The van der Waals surface area contributed by atoms with E-state index in [1.165, 1.54) is 11.1 Å². The Morgan fingerprint density at radius 1 is 1.23 bits per heavy atom. The lowest BCUT2D eigenvalue weighted by Crippen LogP contribution is -1.89. The summed E-state index contributed by atoms with van der Waals surface area (Å²) >= 11 is 0. The summed E-state index contributed by atoms with van der Waals surface area (Å²) in [6.45, 7) is 0. The Kier molecular flexibility index (Phi) is 2.17. The van der Waals surface area contributed by atoms with E-state index in [1.54, 1.807) is 7.11 Å². The van der Waals surface area contributed by atoms with Crippen LogP contribution in [0, 0.1) is 0 Å². The molecule has 0 radical (unpaired) electrons. The molecule has 0 heterocycles. The van der Waals surface area contributed by atoms with Gasteiger partial charge in [-0.1, -0.05) is 36.4 Å². The fourth-order valence-electron chi connectivity index (χ4n) is 1.54. The van der Waals surface area contributed by atoms with E-state index < -0.39 is 0 Å². The number of methoxy groups -OCH3 is 1. The molecule has 1 aromatic rings. The van der Waals surface area contributed by atoms with Crippen LogP contribution in [0.2, 0.25) is 0 Å². The number of rotatable bonds is 1. The molecule has 1 aliphatic carbocycles. The zero-order valence-electron chi connectivity index (χ0n) is 7.66. The Labute approximate surface area is 78.3 Å². The van der Waals surface area contributed by atoms with Gasteiger partial charge in [0.15, 0.2) is 0 Å². The highest BCUT2D eigenvalue weighted by Gasteiger charge is 2.06. The van der Waals surface area contributed by atoms with E-state index in [1.807, 2.05) is 12.1 Å². The van der Waals surface area contributed by atoms with Gasteiger partial charge in [0.1, 0.15) is 5.76 Å². The summed E-state index contributed by atoms with van der Waals surface area (Å²) in [7, 11) is 1.72. The fourth-order valence-corrected chi connectivity index (χ4v) is 1.54. The summed E-state index contributed by atoms with van der Waals surface area (Å²) in [4.78, 5) is 0. The molecule has 0 atom stereocenters. The fraction of sp³-hybridized carbons (Fsp3) is 0.167. The maximum Gasteiger partial charge on any atom is 0.123 e. The predicted octanol–water partition coefficient (Wildman–Crippen LogP) is 3.09. The van der Waals surface area contributed by atoms with Gasteiger partial charge in [0.05, 0.1) is 7.11 Å². The van der Waals surface area contributed by atoms with Crippen LogP contribution < -0.4 is 0 Å². The van der Waals surface area contributed by atoms with Crippen LogP contribution in [-0.4, -0.2) is 7.11 Å². The van der Waals surface area contributed by atoms with Gasteiger partial charge in [-0.3, -0.25) is 0 Å². The molecule has 1 nitrogen and oxygen atoms in total. The molecule has 0 saturated carbocycles. The highest BCUT2D eigenvalue weighted by molar-refractivity contribution is 5.72. The second-order valence-electron chi connectivity index (χ2n) is 3.00. The SMILES string of the molecule is COC1=CCC=Cc2ccccc21. The van der Waals surface area contributed by atoms with Crippen molar-refractivity contribution >= 4 is 11.8 Å². The molecule has 0 aliphatic heterocycles. The topological polar surface area (TPSA) is 9.23 Å². The molecule has 0 fully saturated rings. The van der Waals surface area contributed by atoms with Gasteiger partial charge in [0.25, 0.3) is 0 Å². The van der Waals surface area contributed by atoms with Gasteiger partial charge >= 0.3 is 0 Å². The van der Waals surface area contributed by atoms with E-state index in [0.29, 0.717) is 0 Å². The largest absolute Gasteiger partial charge is 0.496 e. The Hall–Kier alpha value is -1.50. The number of fused-ring (bicyclic) bond motifs is 1. The molecule has 0 N–H and O–H groups in total. The molecule has 2 rings (SSSR count).